The fourth-order valence-electron chi connectivity index (χ4n) is 3.52. The van der Waals surface area contributed by atoms with Gasteiger partial charge in [-0.3, -0.25) is 4.79 Å². The number of aromatic nitrogens is 3. The molecule has 4 aromatic rings. The van der Waals surface area contributed by atoms with Gasteiger partial charge in [0.2, 0.25) is 0 Å². The standard InChI is InChI=1S/C21H21N3O/c1-5-24-19-11-14(3)13(2)10-17(19)22-20(21(24)25)16-12-23(4)18-9-7-6-8-15(16)18/h6-12H,5H2,1-4H3. The molecule has 0 spiro atoms. The zero-order valence-electron chi connectivity index (χ0n) is 15.0. The van der Waals surface area contributed by atoms with E-state index in [1.807, 2.05) is 47.5 Å². The van der Waals surface area contributed by atoms with Crippen LogP contribution in [0.4, 0.5) is 0 Å². The number of rotatable bonds is 2. The van der Waals surface area contributed by atoms with Crippen molar-refractivity contribution in [2.75, 3.05) is 0 Å². The summed E-state index contributed by atoms with van der Waals surface area (Å²) in [6.45, 7) is 6.77. The topological polar surface area (TPSA) is 39.8 Å². The normalized spacial score (nSPS) is 11.5. The number of hydrogen-bond acceptors (Lipinski definition) is 2. The molecule has 0 radical (unpaired) electrons. The quantitative estimate of drug-likeness (QED) is 0.552. The van der Waals surface area contributed by atoms with E-state index in [4.69, 9.17) is 4.98 Å². The Morgan fingerprint density at radius 3 is 2.52 bits per heavy atom. The summed E-state index contributed by atoms with van der Waals surface area (Å²) < 4.78 is 3.87. The lowest BCUT2D eigenvalue weighted by Gasteiger charge is -2.12. The average molecular weight is 331 g/mol. The van der Waals surface area contributed by atoms with Crippen LogP contribution in [-0.2, 0) is 13.6 Å². The van der Waals surface area contributed by atoms with E-state index in [2.05, 4.69) is 32.0 Å². The van der Waals surface area contributed by atoms with E-state index in [0.717, 1.165) is 27.5 Å². The highest BCUT2D eigenvalue weighted by Gasteiger charge is 2.17. The van der Waals surface area contributed by atoms with Crippen LogP contribution in [0.1, 0.15) is 18.1 Å². The third kappa shape index (κ3) is 2.29. The highest BCUT2D eigenvalue weighted by Crippen LogP contribution is 2.28. The van der Waals surface area contributed by atoms with Crippen molar-refractivity contribution in [2.45, 2.75) is 27.3 Å². The van der Waals surface area contributed by atoms with Gasteiger partial charge in [-0.15, -0.1) is 0 Å². The third-order valence-corrected chi connectivity index (χ3v) is 5.03. The SMILES string of the molecule is CCn1c(=O)c(-c2cn(C)c3ccccc23)nc2cc(C)c(C)cc21. The summed E-state index contributed by atoms with van der Waals surface area (Å²) in [5, 5.41) is 1.06. The van der Waals surface area contributed by atoms with Gasteiger partial charge in [0.25, 0.3) is 5.56 Å². The molecule has 2 heterocycles. The molecule has 25 heavy (non-hydrogen) atoms. The summed E-state index contributed by atoms with van der Waals surface area (Å²) >= 11 is 0. The maximum Gasteiger partial charge on any atom is 0.277 e. The monoisotopic (exact) mass is 331 g/mol. The van der Waals surface area contributed by atoms with Crippen molar-refractivity contribution in [2.24, 2.45) is 7.05 Å². The Morgan fingerprint density at radius 2 is 1.76 bits per heavy atom. The molecule has 0 aliphatic heterocycles. The van der Waals surface area contributed by atoms with Crippen molar-refractivity contribution < 1.29 is 0 Å². The first kappa shape index (κ1) is 15.6. The minimum Gasteiger partial charge on any atom is -0.350 e. The van der Waals surface area contributed by atoms with Crippen LogP contribution in [0.2, 0.25) is 0 Å². The van der Waals surface area contributed by atoms with Crippen LogP contribution in [-0.4, -0.2) is 14.1 Å². The van der Waals surface area contributed by atoms with E-state index in [1.165, 1.54) is 11.1 Å². The Bertz CT molecular complexity index is 1180. The summed E-state index contributed by atoms with van der Waals surface area (Å²) in [5.41, 5.74) is 6.61. The van der Waals surface area contributed by atoms with E-state index in [0.29, 0.717) is 12.2 Å². The molecule has 0 saturated carbocycles. The molecule has 0 N–H and O–H groups in total. The predicted molar refractivity (Wildman–Crippen MR) is 103 cm³/mol. The molecule has 0 fully saturated rings. The Morgan fingerprint density at radius 1 is 1.04 bits per heavy atom. The number of fused-ring (bicyclic) bond motifs is 2. The molecule has 0 aliphatic rings. The van der Waals surface area contributed by atoms with Gasteiger partial charge in [-0.05, 0) is 50.1 Å². The van der Waals surface area contributed by atoms with Crippen molar-refractivity contribution >= 4 is 21.9 Å². The van der Waals surface area contributed by atoms with Gasteiger partial charge in [0.05, 0.1) is 11.0 Å². The lowest BCUT2D eigenvalue weighted by Crippen LogP contribution is -2.23. The van der Waals surface area contributed by atoms with E-state index in [-0.39, 0.29) is 5.56 Å². The molecule has 2 aromatic heterocycles. The third-order valence-electron chi connectivity index (χ3n) is 5.03. The Balaban J connectivity index is 2.13. The number of nitrogens with zero attached hydrogens (tertiary/aromatic N) is 3. The van der Waals surface area contributed by atoms with Crippen LogP contribution < -0.4 is 5.56 Å². The summed E-state index contributed by atoms with van der Waals surface area (Å²) in [7, 11) is 2.00. The second-order valence-electron chi connectivity index (χ2n) is 6.61. The van der Waals surface area contributed by atoms with Crippen molar-refractivity contribution in [3.63, 3.8) is 0 Å². The largest absolute Gasteiger partial charge is 0.350 e. The maximum atomic E-state index is 13.2. The number of para-hydroxylation sites is 1. The van der Waals surface area contributed by atoms with Crippen molar-refractivity contribution in [3.8, 4) is 11.3 Å². The van der Waals surface area contributed by atoms with Crippen LogP contribution in [0.15, 0.2) is 47.4 Å². The molecule has 4 heteroatoms. The summed E-state index contributed by atoms with van der Waals surface area (Å²) in [5.74, 6) is 0. The van der Waals surface area contributed by atoms with Gasteiger partial charge in [-0.1, -0.05) is 18.2 Å². The molecule has 0 unspecified atom stereocenters. The van der Waals surface area contributed by atoms with Crippen LogP contribution >= 0.6 is 0 Å². The number of hydrogen-bond donors (Lipinski definition) is 0. The van der Waals surface area contributed by atoms with Gasteiger partial charge in [0, 0.05) is 36.3 Å². The second-order valence-corrected chi connectivity index (χ2v) is 6.61. The zero-order chi connectivity index (χ0) is 17.7. The fraction of sp³-hybridized carbons (Fsp3) is 0.238. The minimum atomic E-state index is -0.0328. The molecule has 2 aromatic carbocycles. The van der Waals surface area contributed by atoms with Crippen molar-refractivity contribution in [1.29, 1.82) is 0 Å². The molecule has 0 atom stereocenters. The highest BCUT2D eigenvalue weighted by atomic mass is 16.1. The molecular formula is C21H21N3O. The second kappa shape index (κ2) is 5.59. The zero-order valence-corrected chi connectivity index (χ0v) is 15.0. The van der Waals surface area contributed by atoms with Gasteiger partial charge in [-0.25, -0.2) is 4.98 Å². The average Bonchev–Trinajstić information content (AvgIpc) is 2.93. The van der Waals surface area contributed by atoms with Crippen molar-refractivity contribution in [3.05, 3.63) is 64.1 Å². The molecule has 4 rings (SSSR count). The van der Waals surface area contributed by atoms with Gasteiger partial charge in [0.1, 0.15) is 5.69 Å². The van der Waals surface area contributed by atoms with Gasteiger partial charge in [0.15, 0.2) is 0 Å². The van der Waals surface area contributed by atoms with Crippen LogP contribution in [0.5, 0.6) is 0 Å². The predicted octanol–water partition coefficient (Wildman–Crippen LogP) is 4.19. The van der Waals surface area contributed by atoms with E-state index in [9.17, 15) is 4.79 Å². The lowest BCUT2D eigenvalue weighted by molar-refractivity contribution is 0.755. The smallest absolute Gasteiger partial charge is 0.277 e. The number of aryl methyl sites for hydroxylation is 4. The van der Waals surface area contributed by atoms with Crippen LogP contribution in [0.25, 0.3) is 33.2 Å². The minimum absolute atomic E-state index is 0.0328. The van der Waals surface area contributed by atoms with Gasteiger partial charge < -0.3 is 9.13 Å². The van der Waals surface area contributed by atoms with Crippen LogP contribution in [0.3, 0.4) is 0 Å². The molecular weight excluding hydrogens is 310 g/mol. The summed E-state index contributed by atoms with van der Waals surface area (Å²) in [6.07, 6.45) is 2.00. The fourth-order valence-corrected chi connectivity index (χ4v) is 3.52. The van der Waals surface area contributed by atoms with E-state index >= 15 is 0 Å². The molecule has 0 saturated heterocycles. The molecule has 0 bridgehead atoms. The number of benzene rings is 2. The van der Waals surface area contributed by atoms with Crippen LogP contribution in [0, 0.1) is 13.8 Å². The highest BCUT2D eigenvalue weighted by molar-refractivity contribution is 5.95. The van der Waals surface area contributed by atoms with Crippen molar-refractivity contribution in [1.82, 2.24) is 14.1 Å². The molecule has 0 amide bonds. The first-order valence-corrected chi connectivity index (χ1v) is 8.57. The van der Waals surface area contributed by atoms with Gasteiger partial charge >= 0.3 is 0 Å². The first-order chi connectivity index (χ1) is 12.0. The molecule has 126 valence electrons. The van der Waals surface area contributed by atoms with E-state index in [1.54, 1.807) is 0 Å². The maximum absolute atomic E-state index is 13.2. The first-order valence-electron chi connectivity index (χ1n) is 8.57. The van der Waals surface area contributed by atoms with Gasteiger partial charge in [-0.2, -0.15) is 0 Å². The molecule has 4 nitrogen and oxygen atoms in total. The molecule has 0 aliphatic carbocycles. The van der Waals surface area contributed by atoms with E-state index < -0.39 is 0 Å². The summed E-state index contributed by atoms with van der Waals surface area (Å²) in [4.78, 5) is 17.9. The Kier molecular flexibility index (Phi) is 3.49. The summed E-state index contributed by atoms with van der Waals surface area (Å²) in [6, 6.07) is 12.3. The Labute approximate surface area is 146 Å². The Hall–Kier alpha value is -2.88. The lowest BCUT2D eigenvalue weighted by atomic mass is 10.1.